The molecule has 0 saturated heterocycles. The fourth-order valence-electron chi connectivity index (χ4n) is 2.56. The molecule has 1 N–H and O–H groups in total. The van der Waals surface area contributed by atoms with E-state index in [0.717, 1.165) is 22.6 Å². The highest BCUT2D eigenvalue weighted by Gasteiger charge is 2.07. The van der Waals surface area contributed by atoms with Gasteiger partial charge in [-0.3, -0.25) is 4.98 Å². The van der Waals surface area contributed by atoms with Gasteiger partial charge in [-0.2, -0.15) is 0 Å². The second-order valence-electron chi connectivity index (χ2n) is 5.57. The molecule has 2 nitrogen and oxygen atoms in total. The molecular formula is C21H20N2. The average Bonchev–Trinajstić information content (AvgIpc) is 2.59. The first-order chi connectivity index (χ1) is 11.2. The van der Waals surface area contributed by atoms with E-state index in [-0.39, 0.29) is 0 Å². The van der Waals surface area contributed by atoms with E-state index in [1.54, 1.807) is 0 Å². The molecule has 3 rings (SSSR count). The van der Waals surface area contributed by atoms with Crippen LogP contribution in [0.4, 0.5) is 5.69 Å². The van der Waals surface area contributed by atoms with E-state index in [0.29, 0.717) is 0 Å². The van der Waals surface area contributed by atoms with Crippen LogP contribution in [0.3, 0.4) is 0 Å². The molecule has 114 valence electrons. The van der Waals surface area contributed by atoms with Gasteiger partial charge in [0, 0.05) is 17.6 Å². The Morgan fingerprint density at radius 3 is 2.17 bits per heavy atom. The molecule has 0 aliphatic rings. The first-order valence-corrected chi connectivity index (χ1v) is 7.75. The maximum absolute atomic E-state index is 4.41. The van der Waals surface area contributed by atoms with Crippen LogP contribution in [0.2, 0.25) is 0 Å². The van der Waals surface area contributed by atoms with Crippen LogP contribution in [0.15, 0.2) is 72.9 Å². The maximum Gasteiger partial charge on any atom is 0.0650 e. The monoisotopic (exact) mass is 300 g/mol. The summed E-state index contributed by atoms with van der Waals surface area (Å²) in [4.78, 5) is 4.41. The molecule has 0 saturated carbocycles. The Hall–Kier alpha value is -2.87. The van der Waals surface area contributed by atoms with Crippen molar-refractivity contribution >= 4 is 17.5 Å². The van der Waals surface area contributed by atoms with Crippen molar-refractivity contribution in [3.8, 4) is 0 Å². The Morgan fingerprint density at radius 2 is 1.52 bits per heavy atom. The molecule has 23 heavy (non-hydrogen) atoms. The van der Waals surface area contributed by atoms with Crippen molar-refractivity contribution in [1.29, 1.82) is 0 Å². The number of rotatable bonds is 4. The molecule has 0 radical (unpaired) electrons. The number of para-hydroxylation sites is 1. The number of hydrogen-bond acceptors (Lipinski definition) is 2. The first-order valence-electron chi connectivity index (χ1n) is 7.75. The van der Waals surface area contributed by atoms with Crippen LogP contribution in [-0.2, 0) is 0 Å². The number of pyridine rings is 1. The Balaban J connectivity index is 2.05. The number of aromatic nitrogens is 1. The van der Waals surface area contributed by atoms with Crippen LogP contribution in [0.5, 0.6) is 0 Å². The van der Waals surface area contributed by atoms with E-state index in [4.69, 9.17) is 0 Å². The van der Waals surface area contributed by atoms with Crippen molar-refractivity contribution < 1.29 is 0 Å². The minimum absolute atomic E-state index is 0.935. The molecule has 0 unspecified atom stereocenters. The molecule has 2 heteroatoms. The molecule has 0 spiro atoms. The molecule has 3 aromatic rings. The summed E-state index contributed by atoms with van der Waals surface area (Å²) in [6.45, 7) is 4.25. The molecule has 1 heterocycles. The lowest BCUT2D eigenvalue weighted by molar-refractivity contribution is 1.29. The fraction of sp³-hybridized carbons (Fsp3) is 0.0952. The van der Waals surface area contributed by atoms with Crippen LogP contribution in [0.25, 0.3) is 11.8 Å². The number of nitrogens with one attached hydrogen (secondary N) is 1. The van der Waals surface area contributed by atoms with E-state index in [9.17, 15) is 0 Å². The summed E-state index contributed by atoms with van der Waals surface area (Å²) >= 11 is 0. The Labute approximate surface area is 137 Å². The summed E-state index contributed by atoms with van der Waals surface area (Å²) in [5.74, 6) is 0. The van der Waals surface area contributed by atoms with Crippen molar-refractivity contribution in [3.63, 3.8) is 0 Å². The van der Waals surface area contributed by atoms with Crippen LogP contribution >= 0.6 is 0 Å². The molecule has 0 bridgehead atoms. The van der Waals surface area contributed by atoms with Gasteiger partial charge in [0.15, 0.2) is 0 Å². The zero-order chi connectivity index (χ0) is 16.1. The molecule has 0 fully saturated rings. The van der Waals surface area contributed by atoms with E-state index < -0.39 is 0 Å². The molecule has 2 aromatic carbocycles. The van der Waals surface area contributed by atoms with Gasteiger partial charge in [0.25, 0.3) is 0 Å². The third kappa shape index (κ3) is 3.67. The van der Waals surface area contributed by atoms with Crippen molar-refractivity contribution in [3.05, 3.63) is 95.3 Å². The van der Waals surface area contributed by atoms with E-state index in [1.807, 2.05) is 42.6 Å². The van der Waals surface area contributed by atoms with Gasteiger partial charge < -0.3 is 5.32 Å². The zero-order valence-electron chi connectivity index (χ0n) is 13.5. The van der Waals surface area contributed by atoms with Crippen LogP contribution in [0.1, 0.15) is 22.4 Å². The second kappa shape index (κ2) is 6.93. The molecule has 0 aliphatic heterocycles. The lowest BCUT2D eigenvalue weighted by atomic mass is 10.1. The third-order valence-corrected chi connectivity index (χ3v) is 3.81. The highest BCUT2D eigenvalue weighted by Crippen LogP contribution is 2.26. The lowest BCUT2D eigenvalue weighted by Gasteiger charge is -2.16. The number of nitrogens with zero attached hydrogens (tertiary/aromatic N) is 1. The van der Waals surface area contributed by atoms with Gasteiger partial charge in [0.05, 0.1) is 5.69 Å². The Bertz CT molecular complexity index is 786. The highest BCUT2D eigenvalue weighted by atomic mass is 14.9. The van der Waals surface area contributed by atoms with Crippen molar-refractivity contribution in [2.75, 3.05) is 5.32 Å². The van der Waals surface area contributed by atoms with E-state index in [2.05, 4.69) is 60.6 Å². The fourth-order valence-corrected chi connectivity index (χ4v) is 2.56. The zero-order valence-corrected chi connectivity index (χ0v) is 13.5. The summed E-state index contributed by atoms with van der Waals surface area (Å²) in [6, 6.07) is 22.6. The van der Waals surface area contributed by atoms with Gasteiger partial charge >= 0.3 is 0 Å². The lowest BCUT2D eigenvalue weighted by Crippen LogP contribution is -2.02. The van der Waals surface area contributed by atoms with Gasteiger partial charge in [0.2, 0.25) is 0 Å². The van der Waals surface area contributed by atoms with Crippen LogP contribution < -0.4 is 5.32 Å². The van der Waals surface area contributed by atoms with Crippen LogP contribution in [-0.4, -0.2) is 4.98 Å². The van der Waals surface area contributed by atoms with Crippen LogP contribution in [0, 0.1) is 13.8 Å². The van der Waals surface area contributed by atoms with Gasteiger partial charge in [-0.25, -0.2) is 0 Å². The Morgan fingerprint density at radius 1 is 0.826 bits per heavy atom. The summed E-state index contributed by atoms with van der Waals surface area (Å²) in [6.07, 6.45) is 3.90. The number of benzene rings is 2. The quantitative estimate of drug-likeness (QED) is 0.706. The van der Waals surface area contributed by atoms with Gasteiger partial charge in [0.1, 0.15) is 0 Å². The van der Waals surface area contributed by atoms with Gasteiger partial charge in [-0.05, 0) is 48.7 Å². The largest absolute Gasteiger partial charge is 0.355 e. The third-order valence-electron chi connectivity index (χ3n) is 3.81. The normalized spacial score (nSPS) is 11.3. The molecule has 0 atom stereocenters. The highest BCUT2D eigenvalue weighted by molar-refractivity contribution is 5.88. The minimum atomic E-state index is 0.935. The van der Waals surface area contributed by atoms with E-state index in [1.165, 1.54) is 11.1 Å². The summed E-state index contributed by atoms with van der Waals surface area (Å²) in [5, 5.41) is 3.60. The topological polar surface area (TPSA) is 24.9 Å². The van der Waals surface area contributed by atoms with Gasteiger partial charge in [-0.1, -0.05) is 54.6 Å². The van der Waals surface area contributed by atoms with Crippen molar-refractivity contribution in [2.24, 2.45) is 0 Å². The second-order valence-corrected chi connectivity index (χ2v) is 5.57. The predicted molar refractivity (Wildman–Crippen MR) is 98.1 cm³/mol. The summed E-state index contributed by atoms with van der Waals surface area (Å²) in [7, 11) is 0. The molecule has 0 amide bonds. The number of hydrogen-bond donors (Lipinski definition) is 1. The Kier molecular flexibility index (Phi) is 4.53. The summed E-state index contributed by atoms with van der Waals surface area (Å²) in [5.41, 5.74) is 6.73. The predicted octanol–water partition coefficient (Wildman–Crippen LogP) is 5.31. The molecule has 1 aromatic heterocycles. The van der Waals surface area contributed by atoms with E-state index >= 15 is 0 Å². The standard InChI is InChI=1S/C21H20N2/c1-16-9-8-10-17(2)21(16)23-20(18-11-4-3-5-12-18)15-19-13-6-7-14-22-19/h3-15,23H,1-2H3/b20-15-. The smallest absolute Gasteiger partial charge is 0.0650 e. The molecular weight excluding hydrogens is 280 g/mol. The van der Waals surface area contributed by atoms with Crippen molar-refractivity contribution in [1.82, 2.24) is 4.98 Å². The first kappa shape index (κ1) is 15.0. The van der Waals surface area contributed by atoms with Crippen molar-refractivity contribution in [2.45, 2.75) is 13.8 Å². The SMILES string of the molecule is Cc1cccc(C)c1N/C(=C\c1ccccn1)c1ccccc1. The minimum Gasteiger partial charge on any atom is -0.355 e. The average molecular weight is 300 g/mol. The number of anilines is 1. The number of aryl methyl sites for hydroxylation is 2. The van der Waals surface area contributed by atoms with Gasteiger partial charge in [-0.15, -0.1) is 0 Å². The summed E-state index contributed by atoms with van der Waals surface area (Å²) < 4.78 is 0. The maximum atomic E-state index is 4.41. The molecule has 0 aliphatic carbocycles.